The zero-order valence-corrected chi connectivity index (χ0v) is 10.7. The summed E-state index contributed by atoms with van der Waals surface area (Å²) in [5, 5.41) is 0. The molecule has 0 aliphatic carbocycles. The average Bonchev–Trinajstić information content (AvgIpc) is 2.59. The number of aromatic nitrogens is 2. The molecule has 88 valence electrons. The van der Waals surface area contributed by atoms with Gasteiger partial charge >= 0.3 is 0 Å². The Morgan fingerprint density at radius 3 is 2.27 bits per heavy atom. The van der Waals surface area contributed by atoms with Crippen molar-refractivity contribution in [3.8, 4) is 0 Å². The third-order valence-corrected chi connectivity index (χ3v) is 1.79. The second-order valence-corrected chi connectivity index (χ2v) is 4.57. The Hall–Kier alpha value is -0.440. The molecule has 5 nitrogen and oxygen atoms in total. The summed E-state index contributed by atoms with van der Waals surface area (Å²) in [4.78, 5) is 6.42. The molecule has 0 radical (unpaired) electrons. The van der Waals surface area contributed by atoms with Gasteiger partial charge in [-0.05, 0) is 6.42 Å². The molecule has 0 unspecified atom stereocenters. The molecule has 1 aromatic heterocycles. The van der Waals surface area contributed by atoms with E-state index in [1.54, 1.807) is 25.6 Å². The van der Waals surface area contributed by atoms with Crippen LogP contribution >= 0.6 is 24.8 Å². The lowest BCUT2D eigenvalue weighted by molar-refractivity contribution is 0.482. The molecule has 2 N–H and O–H groups in total. The molecule has 0 amide bonds. The van der Waals surface area contributed by atoms with Gasteiger partial charge in [0, 0.05) is 17.1 Å². The van der Waals surface area contributed by atoms with Crippen LogP contribution in [-0.4, -0.2) is 33.4 Å². The number of hydrogen-bond acceptors (Lipinski definition) is 4. The summed E-state index contributed by atoms with van der Waals surface area (Å²) < 4.78 is 28.8. The first-order valence-corrected chi connectivity index (χ1v) is 6.53. The molecule has 15 heavy (non-hydrogen) atoms. The molecule has 1 aromatic rings. The van der Waals surface area contributed by atoms with Crippen LogP contribution in [0.25, 0.3) is 0 Å². The number of H-pyrrole nitrogens is 1. The van der Waals surface area contributed by atoms with Crippen LogP contribution in [0.4, 0.5) is 0 Å². The molecule has 0 aromatic carbocycles. The Kier molecular flexibility index (Phi) is 13.2. The molecule has 1 heterocycles. The second-order valence-electron chi connectivity index (χ2n) is 2.15. The predicted molar refractivity (Wildman–Crippen MR) is 67.9 cm³/mol. The Morgan fingerprint density at radius 2 is 2.20 bits per heavy atom. The van der Waals surface area contributed by atoms with Gasteiger partial charge in [-0.1, -0.05) is 19.1 Å². The van der Waals surface area contributed by atoms with Crippen molar-refractivity contribution < 1.29 is 13.0 Å². The fraction of sp³-hybridized carbons (Fsp3) is 0.429. The van der Waals surface area contributed by atoms with E-state index in [0.717, 1.165) is 0 Å². The minimum atomic E-state index is -3.67. The number of aromatic amines is 1. The number of thiol groups is 1. The van der Waals surface area contributed by atoms with Crippen LogP contribution in [0.1, 0.15) is 13.3 Å². The maximum absolute atomic E-state index is 9.79. The van der Waals surface area contributed by atoms with Crippen molar-refractivity contribution in [2.75, 3.05) is 5.75 Å². The van der Waals surface area contributed by atoms with Crippen molar-refractivity contribution in [3.05, 3.63) is 18.7 Å². The monoisotopic (exact) mass is 270 g/mol. The van der Waals surface area contributed by atoms with Crippen molar-refractivity contribution in [2.45, 2.75) is 13.3 Å². The van der Waals surface area contributed by atoms with Crippen LogP contribution in [0.2, 0.25) is 0 Å². The fourth-order valence-electron chi connectivity index (χ4n) is 0.473. The van der Waals surface area contributed by atoms with E-state index in [9.17, 15) is 8.42 Å². The van der Waals surface area contributed by atoms with E-state index in [2.05, 4.69) is 34.8 Å². The van der Waals surface area contributed by atoms with Gasteiger partial charge in [-0.15, -0.1) is 12.6 Å². The Balaban J connectivity index is 0. The summed E-state index contributed by atoms with van der Waals surface area (Å²) in [6.07, 6.45) is 5.55. The number of hydrogen-bond donors (Lipinski definition) is 3. The number of nitrogens with one attached hydrogen (secondary N) is 1. The smallest absolute Gasteiger partial charge is 0.264 e. The third kappa shape index (κ3) is 24.7. The van der Waals surface area contributed by atoms with Gasteiger partial charge in [0.25, 0.3) is 10.1 Å². The highest BCUT2D eigenvalue weighted by molar-refractivity contribution is 8.08. The van der Waals surface area contributed by atoms with Crippen molar-refractivity contribution in [2.24, 2.45) is 0 Å². The van der Waals surface area contributed by atoms with Crippen LogP contribution in [-0.2, 0) is 10.1 Å². The average molecular weight is 270 g/mol. The highest BCUT2D eigenvalue weighted by Gasteiger charge is 1.98. The SMILES string of the molecule is CCCS(=O)(=O)O.S=CS.c1c[nH]cn1. The largest absolute Gasteiger partial charge is 0.351 e. The molecule has 1 rings (SSSR count). The number of imidazole rings is 1. The summed E-state index contributed by atoms with van der Waals surface area (Å²) in [5.74, 6) is -0.132. The van der Waals surface area contributed by atoms with Crippen LogP contribution in [0.3, 0.4) is 0 Å². The molecule has 0 spiro atoms. The van der Waals surface area contributed by atoms with Crippen LogP contribution in [0.15, 0.2) is 18.7 Å². The van der Waals surface area contributed by atoms with Gasteiger partial charge in [-0.25, -0.2) is 4.98 Å². The Labute approximate surface area is 100 Å². The first-order chi connectivity index (χ1) is 6.97. The lowest BCUT2D eigenvalue weighted by Gasteiger charge is -1.85. The quantitative estimate of drug-likeness (QED) is 0.431. The predicted octanol–water partition coefficient (Wildman–Crippen LogP) is 1.57. The second kappa shape index (κ2) is 11.6. The van der Waals surface area contributed by atoms with Gasteiger partial charge < -0.3 is 4.98 Å². The van der Waals surface area contributed by atoms with E-state index in [1.165, 1.54) is 4.70 Å². The first kappa shape index (κ1) is 17.0. The third-order valence-electron chi connectivity index (χ3n) is 0.868. The molecular formula is C7H14N2O3S3. The first-order valence-electron chi connectivity index (χ1n) is 3.93. The molecule has 0 fully saturated rings. The van der Waals surface area contributed by atoms with E-state index < -0.39 is 10.1 Å². The zero-order chi connectivity index (χ0) is 12.2. The molecule has 0 aliphatic rings. The van der Waals surface area contributed by atoms with E-state index in [4.69, 9.17) is 4.55 Å². The van der Waals surface area contributed by atoms with E-state index >= 15 is 0 Å². The minimum Gasteiger partial charge on any atom is -0.351 e. The maximum Gasteiger partial charge on any atom is 0.264 e. The van der Waals surface area contributed by atoms with Gasteiger partial charge in [-0.3, -0.25) is 4.55 Å². The summed E-state index contributed by atoms with van der Waals surface area (Å²) in [6, 6.07) is 0. The van der Waals surface area contributed by atoms with Crippen molar-refractivity contribution >= 4 is 39.7 Å². The lowest BCUT2D eigenvalue weighted by atomic mass is 10.6. The van der Waals surface area contributed by atoms with Crippen LogP contribution in [0, 0.1) is 0 Å². The number of nitrogens with zero attached hydrogens (tertiary/aromatic N) is 1. The molecular weight excluding hydrogens is 256 g/mol. The van der Waals surface area contributed by atoms with Crippen LogP contribution in [0.5, 0.6) is 0 Å². The van der Waals surface area contributed by atoms with Gasteiger partial charge in [0.2, 0.25) is 0 Å². The number of thiocarbonyl (C=S) groups is 1. The molecule has 0 saturated carbocycles. The highest BCUT2D eigenvalue weighted by Crippen LogP contribution is 1.83. The van der Waals surface area contributed by atoms with Crippen LogP contribution < -0.4 is 0 Å². The Bertz CT molecular complexity index is 293. The van der Waals surface area contributed by atoms with E-state index in [1.807, 2.05) is 0 Å². The Morgan fingerprint density at radius 1 is 1.67 bits per heavy atom. The van der Waals surface area contributed by atoms with Crippen molar-refractivity contribution in [1.29, 1.82) is 0 Å². The van der Waals surface area contributed by atoms with Gasteiger partial charge in [-0.2, -0.15) is 8.42 Å². The zero-order valence-electron chi connectivity index (χ0n) is 8.20. The van der Waals surface area contributed by atoms with Crippen molar-refractivity contribution in [1.82, 2.24) is 9.97 Å². The molecule has 0 aliphatic heterocycles. The molecule has 0 bridgehead atoms. The molecule has 0 atom stereocenters. The number of rotatable bonds is 2. The van der Waals surface area contributed by atoms with Gasteiger partial charge in [0.15, 0.2) is 0 Å². The molecule has 0 saturated heterocycles. The van der Waals surface area contributed by atoms with Crippen molar-refractivity contribution in [3.63, 3.8) is 0 Å². The fourth-order valence-corrected chi connectivity index (χ4v) is 0.989. The van der Waals surface area contributed by atoms with E-state index in [-0.39, 0.29) is 5.75 Å². The maximum atomic E-state index is 9.79. The topological polar surface area (TPSA) is 83.0 Å². The van der Waals surface area contributed by atoms with Gasteiger partial charge in [0.05, 0.1) is 12.1 Å². The summed E-state index contributed by atoms with van der Waals surface area (Å²) in [6.45, 7) is 1.69. The summed E-state index contributed by atoms with van der Waals surface area (Å²) >= 11 is 7.61. The summed E-state index contributed by atoms with van der Waals surface area (Å²) in [7, 11) is -3.67. The highest BCUT2D eigenvalue weighted by atomic mass is 32.2. The standard InChI is InChI=1S/C3H4N2.C3H8O3S.CH2S2/c1-2-5-3-4-1;1-2-3-7(4,5)6;2-1-3/h1-3H,(H,4,5);2-3H2,1H3,(H,4,5,6);1H,(H,2,3). The lowest BCUT2D eigenvalue weighted by Crippen LogP contribution is -2.01. The van der Waals surface area contributed by atoms with Gasteiger partial charge in [0.1, 0.15) is 0 Å². The minimum absolute atomic E-state index is 0.132. The normalized spacial score (nSPS) is 9.00. The van der Waals surface area contributed by atoms with E-state index in [0.29, 0.717) is 6.42 Å². The summed E-state index contributed by atoms with van der Waals surface area (Å²) in [5.41, 5.74) is 0. The molecule has 8 heteroatoms.